The molecule has 0 radical (unpaired) electrons. The van der Waals surface area contributed by atoms with Crippen LogP contribution in [0, 0.1) is 46.3 Å². The lowest BCUT2D eigenvalue weighted by Crippen LogP contribution is -2.67. The molecule has 4 saturated heterocycles. The minimum Gasteiger partial charge on any atom is -0.394 e. The second kappa shape index (κ2) is 23.5. The standard InChI is InChI=1S/C50H80O24/c1-19(18-67-45-38(62)34(58)32(56)28(15-51)69-45)5-8-26(54)20(2)31-27(55)14-25-23-7-6-21-13-22(9-11-49(21,3)24(23)10-12-50(25,31)4)68-48-43(73-47-40(64)36(60)37(61)44(66)74-47)41(65)42(30(17-53)71-48)72-46-39(63)35(59)33(57)29(16-52)70-46/h6,19-20,22-25,28-48,51-53,56-66H,5,7-18H2,1-4H3/t19-,20-,22?,23-,24+,25+,28?,29?,30?,31+,32-,33-,34?,35?,36?,37-,38+,39+,40+,41?,42-,43+,44?,45-,46+,47-,48-,49+,50+/m1/s1. The topological polar surface area (TPSA) is 391 Å². The van der Waals surface area contributed by atoms with Gasteiger partial charge in [-0.25, -0.2) is 0 Å². The molecule has 24 nitrogen and oxygen atoms in total. The maximum absolute atomic E-state index is 14.1. The number of hydrogen-bond acceptors (Lipinski definition) is 24. The number of allylic oxidation sites excluding steroid dienone is 1. The first-order valence-corrected chi connectivity index (χ1v) is 26.2. The van der Waals surface area contributed by atoms with Gasteiger partial charge >= 0.3 is 0 Å². The first kappa shape index (κ1) is 58.4. The summed E-state index contributed by atoms with van der Waals surface area (Å²) in [5, 5.41) is 146. The number of fused-ring (bicyclic) bond motifs is 5. The molecule has 3 saturated carbocycles. The van der Waals surface area contributed by atoms with Crippen molar-refractivity contribution in [2.45, 2.75) is 215 Å². The molecule has 74 heavy (non-hydrogen) atoms. The Labute approximate surface area is 428 Å². The molecule has 0 spiro atoms. The van der Waals surface area contributed by atoms with E-state index in [1.807, 2.05) is 13.8 Å². The molecule has 0 aromatic rings. The number of Topliss-reactive ketones (excluding diaryl/α,β-unsaturated/α-hetero) is 2. The van der Waals surface area contributed by atoms with Gasteiger partial charge in [-0.15, -0.1) is 0 Å². The first-order valence-electron chi connectivity index (χ1n) is 26.2. The van der Waals surface area contributed by atoms with Gasteiger partial charge in [-0.2, -0.15) is 0 Å². The fourth-order valence-electron chi connectivity index (χ4n) is 13.9. The van der Waals surface area contributed by atoms with E-state index >= 15 is 0 Å². The summed E-state index contributed by atoms with van der Waals surface area (Å²) < 4.78 is 46.6. The minimum absolute atomic E-state index is 0.0242. The SMILES string of the molecule is C[C@H](CCC(=O)[C@@H](C)[C@H]1C(=O)C[C@H]2[C@@H]3CC=C4CC(O[C@@H]5OC(CO)[C@@H](O[C@@H]6OC(CO)[C@@H](O)C(O)[C@@H]6O)C(O)[C@@H]5O[C@@H]5OC(O)[C@H](O)C(O)[C@@H]5O)CC[C@]4(C)[C@H]3CC[C@]12C)CO[C@@H]1OC(CO)[C@@H](O)C(O)[C@@H]1O. The van der Waals surface area contributed by atoms with Crippen molar-refractivity contribution in [3.63, 3.8) is 0 Å². The number of hydrogen-bond donors (Lipinski definition) is 14. The monoisotopic (exact) mass is 1060 g/mol. The third-order valence-corrected chi connectivity index (χ3v) is 18.4. The highest BCUT2D eigenvalue weighted by molar-refractivity contribution is 5.92. The summed E-state index contributed by atoms with van der Waals surface area (Å²) >= 11 is 0. The number of aliphatic hydroxyl groups excluding tert-OH is 14. The number of ketones is 2. The molecular weight excluding hydrogens is 985 g/mol. The van der Waals surface area contributed by atoms with Crippen molar-refractivity contribution < 1.29 is 119 Å². The zero-order valence-corrected chi connectivity index (χ0v) is 42.2. The van der Waals surface area contributed by atoms with Gasteiger partial charge in [0, 0.05) is 24.7 Å². The number of carbonyl (C=O) groups excluding carboxylic acids is 2. The Morgan fingerprint density at radius 2 is 1.20 bits per heavy atom. The van der Waals surface area contributed by atoms with E-state index in [0.29, 0.717) is 38.5 Å². The smallest absolute Gasteiger partial charge is 0.189 e. The van der Waals surface area contributed by atoms with E-state index in [4.69, 9.17) is 37.9 Å². The zero-order chi connectivity index (χ0) is 53.9. The molecule has 0 aromatic heterocycles. The van der Waals surface area contributed by atoms with E-state index in [1.165, 1.54) is 0 Å². The van der Waals surface area contributed by atoms with Gasteiger partial charge in [0.25, 0.3) is 0 Å². The van der Waals surface area contributed by atoms with Crippen molar-refractivity contribution in [3.8, 4) is 0 Å². The van der Waals surface area contributed by atoms with Crippen LogP contribution in [-0.2, 0) is 47.5 Å². The van der Waals surface area contributed by atoms with Crippen LogP contribution >= 0.6 is 0 Å². The Balaban J connectivity index is 0.919. The van der Waals surface area contributed by atoms with Crippen LogP contribution in [-0.4, -0.2) is 239 Å². The normalized spacial score (nSPS) is 50.5. The highest BCUT2D eigenvalue weighted by Crippen LogP contribution is 2.66. The Morgan fingerprint density at radius 3 is 1.84 bits per heavy atom. The van der Waals surface area contributed by atoms with Crippen molar-refractivity contribution in [3.05, 3.63) is 11.6 Å². The van der Waals surface area contributed by atoms with Gasteiger partial charge in [0.15, 0.2) is 31.5 Å². The van der Waals surface area contributed by atoms with E-state index in [0.717, 1.165) is 18.4 Å². The Hall–Kier alpha value is -1.80. The lowest BCUT2D eigenvalue weighted by Gasteiger charge is -2.58. The van der Waals surface area contributed by atoms with Gasteiger partial charge in [0.05, 0.1) is 32.5 Å². The van der Waals surface area contributed by atoms with E-state index in [9.17, 15) is 81.1 Å². The van der Waals surface area contributed by atoms with Crippen LogP contribution in [0.15, 0.2) is 11.6 Å². The van der Waals surface area contributed by atoms with Crippen LogP contribution in [0.5, 0.6) is 0 Å². The summed E-state index contributed by atoms with van der Waals surface area (Å²) in [6, 6.07) is 0. The molecule has 9 unspecified atom stereocenters. The average molecular weight is 1070 g/mol. The van der Waals surface area contributed by atoms with Crippen molar-refractivity contribution >= 4 is 11.6 Å². The summed E-state index contributed by atoms with van der Waals surface area (Å²) in [5.41, 5.74) is 0.443. The number of aliphatic hydroxyl groups is 14. The predicted octanol–water partition coefficient (Wildman–Crippen LogP) is -4.03. The van der Waals surface area contributed by atoms with Crippen molar-refractivity contribution in [1.82, 2.24) is 0 Å². The molecule has 14 N–H and O–H groups in total. The molecule has 0 aromatic carbocycles. The van der Waals surface area contributed by atoms with Crippen LogP contribution < -0.4 is 0 Å². The maximum atomic E-state index is 14.1. The molecule has 8 rings (SSSR count). The molecule has 0 bridgehead atoms. The maximum Gasteiger partial charge on any atom is 0.189 e. The molecular formula is C50H80O24. The summed E-state index contributed by atoms with van der Waals surface area (Å²) in [7, 11) is 0. The summed E-state index contributed by atoms with van der Waals surface area (Å²) in [4.78, 5) is 28.0. The van der Waals surface area contributed by atoms with Crippen LogP contribution in [0.4, 0.5) is 0 Å². The lowest BCUT2D eigenvalue weighted by molar-refractivity contribution is -0.400. The zero-order valence-electron chi connectivity index (χ0n) is 42.2. The van der Waals surface area contributed by atoms with Gasteiger partial charge in [0.2, 0.25) is 0 Å². The highest BCUT2D eigenvalue weighted by Gasteiger charge is 2.63. The van der Waals surface area contributed by atoms with Gasteiger partial charge < -0.3 is 109 Å². The second-order valence-corrected chi connectivity index (χ2v) is 22.9. The second-order valence-electron chi connectivity index (χ2n) is 22.9. The predicted molar refractivity (Wildman–Crippen MR) is 247 cm³/mol. The van der Waals surface area contributed by atoms with Crippen molar-refractivity contribution in [1.29, 1.82) is 0 Å². The third-order valence-electron chi connectivity index (χ3n) is 18.4. The summed E-state index contributed by atoms with van der Waals surface area (Å²) in [6.45, 7) is 6.03. The molecule has 4 aliphatic carbocycles. The molecule has 8 aliphatic rings. The minimum atomic E-state index is -2.02. The van der Waals surface area contributed by atoms with E-state index in [-0.39, 0.29) is 53.7 Å². The van der Waals surface area contributed by atoms with Gasteiger partial charge in [0.1, 0.15) is 103 Å². The number of carbonyl (C=O) groups is 2. The fourth-order valence-corrected chi connectivity index (χ4v) is 13.9. The summed E-state index contributed by atoms with van der Waals surface area (Å²) in [5.74, 6) is -0.644. The van der Waals surface area contributed by atoms with Crippen molar-refractivity contribution in [2.24, 2.45) is 46.3 Å². The molecule has 7 fully saturated rings. The molecule has 424 valence electrons. The molecule has 29 atom stereocenters. The molecule has 4 aliphatic heterocycles. The number of ether oxygens (including phenoxy) is 8. The van der Waals surface area contributed by atoms with Crippen molar-refractivity contribution in [2.75, 3.05) is 26.4 Å². The molecule has 24 heteroatoms. The largest absolute Gasteiger partial charge is 0.394 e. The number of rotatable bonds is 17. The quantitative estimate of drug-likeness (QED) is 0.0617. The van der Waals surface area contributed by atoms with Gasteiger partial charge in [-0.05, 0) is 79.4 Å². The van der Waals surface area contributed by atoms with E-state index in [2.05, 4.69) is 19.9 Å². The fraction of sp³-hybridized carbons (Fsp3) is 0.920. The first-order chi connectivity index (χ1) is 35.0. The van der Waals surface area contributed by atoms with Crippen LogP contribution in [0.1, 0.15) is 85.5 Å². The van der Waals surface area contributed by atoms with Crippen LogP contribution in [0.3, 0.4) is 0 Å². The Kier molecular flexibility index (Phi) is 18.5. The van der Waals surface area contributed by atoms with Gasteiger partial charge in [-0.1, -0.05) is 39.3 Å². The average Bonchev–Trinajstić information content (AvgIpc) is 3.66. The van der Waals surface area contributed by atoms with Gasteiger partial charge in [-0.3, -0.25) is 9.59 Å². The van der Waals surface area contributed by atoms with E-state index < -0.39 is 166 Å². The highest BCUT2D eigenvalue weighted by atomic mass is 16.8. The summed E-state index contributed by atoms with van der Waals surface area (Å²) in [6.07, 6.45) is -27.0. The van der Waals surface area contributed by atoms with Crippen LogP contribution in [0.2, 0.25) is 0 Å². The van der Waals surface area contributed by atoms with Crippen LogP contribution in [0.25, 0.3) is 0 Å². The van der Waals surface area contributed by atoms with E-state index in [1.54, 1.807) is 0 Å². The molecule has 0 amide bonds. The molecule has 4 heterocycles. The lowest BCUT2D eigenvalue weighted by atomic mass is 9.47. The Morgan fingerprint density at radius 1 is 0.635 bits per heavy atom. The Bertz CT molecular complexity index is 1940. The third kappa shape index (κ3) is 11.0.